The van der Waals surface area contributed by atoms with Gasteiger partial charge < -0.3 is 4.90 Å². The van der Waals surface area contributed by atoms with Gasteiger partial charge in [0.05, 0.1) is 22.3 Å². The lowest BCUT2D eigenvalue weighted by atomic mass is 9.92. The minimum absolute atomic E-state index is 0.195. The van der Waals surface area contributed by atoms with Crippen molar-refractivity contribution >= 4 is 45.3 Å². The number of rotatable bonds is 3. The van der Waals surface area contributed by atoms with Crippen LogP contribution in [0.4, 0.5) is 0 Å². The molecule has 0 bridgehead atoms. The predicted octanol–water partition coefficient (Wildman–Crippen LogP) is 4.63. The lowest BCUT2D eigenvalue weighted by molar-refractivity contribution is -0.130. The van der Waals surface area contributed by atoms with Gasteiger partial charge in [-0.3, -0.25) is 9.20 Å². The van der Waals surface area contributed by atoms with Crippen LogP contribution in [-0.2, 0) is 4.79 Å². The van der Waals surface area contributed by atoms with Crippen LogP contribution in [0, 0.1) is 11.8 Å². The SMILES string of the molecule is C[C@H]1C[C@H](C)CN(C(=O)CSc2nc3ccccc3c3nc4ccccc4n23)C1. The molecule has 0 N–H and O–H groups in total. The zero-order valence-electron chi connectivity index (χ0n) is 16.7. The van der Waals surface area contributed by atoms with Gasteiger partial charge in [0, 0.05) is 18.5 Å². The summed E-state index contributed by atoms with van der Waals surface area (Å²) in [6.45, 7) is 6.18. The van der Waals surface area contributed by atoms with Gasteiger partial charge in [0.2, 0.25) is 5.91 Å². The molecule has 3 heterocycles. The molecule has 4 aromatic rings. The monoisotopic (exact) mass is 404 g/mol. The standard InChI is InChI=1S/C23H24N4OS/c1-15-11-16(2)13-26(12-15)21(28)14-29-23-25-18-8-4-3-7-17(18)22-24-19-9-5-6-10-20(19)27(22)23/h3-10,15-16H,11-14H2,1-2H3/t15-,16-/m0/s1. The summed E-state index contributed by atoms with van der Waals surface area (Å²) >= 11 is 1.51. The van der Waals surface area contributed by atoms with Crippen LogP contribution in [0.1, 0.15) is 20.3 Å². The molecular weight excluding hydrogens is 380 g/mol. The molecule has 1 saturated heterocycles. The first kappa shape index (κ1) is 18.4. The average molecular weight is 405 g/mol. The third kappa shape index (κ3) is 3.35. The summed E-state index contributed by atoms with van der Waals surface area (Å²) in [5, 5.41) is 1.84. The van der Waals surface area contributed by atoms with Gasteiger partial charge in [-0.25, -0.2) is 9.97 Å². The molecule has 0 aliphatic carbocycles. The fourth-order valence-electron chi connectivity index (χ4n) is 4.49. The number of amides is 1. The summed E-state index contributed by atoms with van der Waals surface area (Å²) in [6.07, 6.45) is 1.20. The van der Waals surface area contributed by atoms with Gasteiger partial charge in [0.1, 0.15) is 5.65 Å². The van der Waals surface area contributed by atoms with E-state index in [1.165, 1.54) is 18.2 Å². The molecule has 0 saturated carbocycles. The van der Waals surface area contributed by atoms with Crippen molar-refractivity contribution in [3.8, 4) is 0 Å². The van der Waals surface area contributed by atoms with Crippen molar-refractivity contribution in [3.63, 3.8) is 0 Å². The Morgan fingerprint density at radius 1 is 1.00 bits per heavy atom. The van der Waals surface area contributed by atoms with E-state index in [1.54, 1.807) is 0 Å². The predicted molar refractivity (Wildman–Crippen MR) is 118 cm³/mol. The van der Waals surface area contributed by atoms with Crippen molar-refractivity contribution in [1.29, 1.82) is 0 Å². The summed E-state index contributed by atoms with van der Waals surface area (Å²) in [6, 6.07) is 16.2. The highest BCUT2D eigenvalue weighted by molar-refractivity contribution is 7.99. The Morgan fingerprint density at radius 2 is 1.69 bits per heavy atom. The zero-order chi connectivity index (χ0) is 20.0. The smallest absolute Gasteiger partial charge is 0.233 e. The highest BCUT2D eigenvalue weighted by Gasteiger charge is 2.25. The van der Waals surface area contributed by atoms with E-state index in [1.807, 2.05) is 41.3 Å². The van der Waals surface area contributed by atoms with Crippen LogP contribution in [0.5, 0.6) is 0 Å². The third-order valence-corrected chi connectivity index (χ3v) is 6.58. The molecule has 1 aliphatic rings. The van der Waals surface area contributed by atoms with E-state index in [4.69, 9.17) is 9.97 Å². The third-order valence-electron chi connectivity index (χ3n) is 5.66. The number of carbonyl (C=O) groups excluding carboxylic acids is 1. The van der Waals surface area contributed by atoms with Crippen LogP contribution in [0.3, 0.4) is 0 Å². The molecule has 148 valence electrons. The summed E-state index contributed by atoms with van der Waals surface area (Å²) in [5.74, 6) is 1.72. The molecular formula is C23H24N4OS. The Balaban J connectivity index is 1.53. The Hall–Kier alpha value is -2.60. The van der Waals surface area contributed by atoms with Crippen molar-refractivity contribution < 1.29 is 4.79 Å². The van der Waals surface area contributed by atoms with Gasteiger partial charge in [0.25, 0.3) is 0 Å². The Kier molecular flexibility index (Phi) is 4.66. The lowest BCUT2D eigenvalue weighted by Crippen LogP contribution is -2.43. The quantitative estimate of drug-likeness (QED) is 0.369. The minimum Gasteiger partial charge on any atom is -0.341 e. The molecule has 0 unspecified atom stereocenters. The lowest BCUT2D eigenvalue weighted by Gasteiger charge is -2.35. The number of para-hydroxylation sites is 3. The van der Waals surface area contributed by atoms with Crippen LogP contribution in [-0.4, -0.2) is 44.0 Å². The first-order valence-corrected chi connectivity index (χ1v) is 11.1. The van der Waals surface area contributed by atoms with Crippen LogP contribution in [0.25, 0.3) is 27.6 Å². The van der Waals surface area contributed by atoms with Crippen molar-refractivity contribution in [2.75, 3.05) is 18.8 Å². The second-order valence-corrected chi connectivity index (χ2v) is 9.15. The molecule has 0 radical (unpaired) electrons. The molecule has 2 aromatic heterocycles. The Labute approximate surface area is 174 Å². The fourth-order valence-corrected chi connectivity index (χ4v) is 5.41. The van der Waals surface area contributed by atoms with E-state index >= 15 is 0 Å². The Bertz CT molecular complexity index is 1210. The number of carbonyl (C=O) groups is 1. The molecule has 1 fully saturated rings. The van der Waals surface area contributed by atoms with Crippen LogP contribution in [0.15, 0.2) is 53.7 Å². The average Bonchev–Trinajstić information content (AvgIpc) is 3.11. The van der Waals surface area contributed by atoms with Crippen molar-refractivity contribution in [2.45, 2.75) is 25.4 Å². The second-order valence-electron chi connectivity index (χ2n) is 8.20. The molecule has 29 heavy (non-hydrogen) atoms. The molecule has 0 spiro atoms. The summed E-state index contributed by atoms with van der Waals surface area (Å²) < 4.78 is 2.09. The van der Waals surface area contributed by atoms with Crippen molar-refractivity contribution in [2.24, 2.45) is 11.8 Å². The normalized spacial score (nSPS) is 20.0. The van der Waals surface area contributed by atoms with Crippen LogP contribution in [0.2, 0.25) is 0 Å². The molecule has 2 atom stereocenters. The van der Waals surface area contributed by atoms with Crippen molar-refractivity contribution in [1.82, 2.24) is 19.3 Å². The maximum Gasteiger partial charge on any atom is 0.233 e. The molecule has 1 aliphatic heterocycles. The van der Waals surface area contributed by atoms with Gasteiger partial charge >= 0.3 is 0 Å². The van der Waals surface area contributed by atoms with Gasteiger partial charge in [-0.05, 0) is 42.5 Å². The number of imidazole rings is 1. The van der Waals surface area contributed by atoms with E-state index in [0.717, 1.165) is 45.8 Å². The zero-order valence-corrected chi connectivity index (χ0v) is 17.5. The number of thioether (sulfide) groups is 1. The van der Waals surface area contributed by atoms with E-state index in [-0.39, 0.29) is 5.91 Å². The van der Waals surface area contributed by atoms with Gasteiger partial charge in [-0.2, -0.15) is 0 Å². The highest BCUT2D eigenvalue weighted by atomic mass is 32.2. The highest BCUT2D eigenvalue weighted by Crippen LogP contribution is 2.29. The minimum atomic E-state index is 0.195. The second kappa shape index (κ2) is 7.34. The molecule has 1 amide bonds. The topological polar surface area (TPSA) is 50.5 Å². The molecule has 5 nitrogen and oxygen atoms in total. The van der Waals surface area contributed by atoms with Crippen LogP contribution < -0.4 is 0 Å². The first-order valence-electron chi connectivity index (χ1n) is 10.2. The fraction of sp³-hybridized carbons (Fsp3) is 0.348. The number of benzene rings is 2. The van der Waals surface area contributed by atoms with E-state index < -0.39 is 0 Å². The first-order chi connectivity index (χ1) is 14.1. The summed E-state index contributed by atoms with van der Waals surface area (Å²) in [7, 11) is 0. The van der Waals surface area contributed by atoms with Crippen molar-refractivity contribution in [3.05, 3.63) is 48.5 Å². The maximum atomic E-state index is 12.9. The van der Waals surface area contributed by atoms with E-state index in [9.17, 15) is 4.79 Å². The van der Waals surface area contributed by atoms with E-state index in [0.29, 0.717) is 17.6 Å². The number of hydrogen-bond acceptors (Lipinski definition) is 4. The molecule has 6 heteroatoms. The number of aromatic nitrogens is 3. The summed E-state index contributed by atoms with van der Waals surface area (Å²) in [4.78, 5) is 24.7. The number of hydrogen-bond donors (Lipinski definition) is 0. The van der Waals surface area contributed by atoms with Gasteiger partial charge in [-0.15, -0.1) is 0 Å². The van der Waals surface area contributed by atoms with Gasteiger partial charge in [-0.1, -0.05) is 49.9 Å². The number of likely N-dealkylation sites (tertiary alicyclic amines) is 1. The summed E-state index contributed by atoms with van der Waals surface area (Å²) in [5.41, 5.74) is 3.77. The molecule has 2 aromatic carbocycles. The van der Waals surface area contributed by atoms with Crippen LogP contribution >= 0.6 is 11.8 Å². The molecule has 5 rings (SSSR count). The number of fused-ring (bicyclic) bond motifs is 5. The maximum absolute atomic E-state index is 12.9. The van der Waals surface area contributed by atoms with E-state index in [2.05, 4.69) is 30.4 Å². The number of piperidine rings is 1. The number of nitrogens with zero attached hydrogens (tertiary/aromatic N) is 4. The Morgan fingerprint density at radius 3 is 2.48 bits per heavy atom. The largest absolute Gasteiger partial charge is 0.341 e. The van der Waals surface area contributed by atoms with Gasteiger partial charge in [0.15, 0.2) is 5.16 Å².